The molecule has 0 aromatic heterocycles. The molecule has 0 heterocycles. The molecule has 0 aliphatic rings. The summed E-state index contributed by atoms with van der Waals surface area (Å²) < 4.78 is 39.0. The minimum absolute atomic E-state index is 0.0327. The Kier molecular flexibility index (Phi) is 9.63. The summed E-state index contributed by atoms with van der Waals surface area (Å²) in [6, 6.07) is 26.7. The monoisotopic (exact) mass is 594 g/mol. The van der Waals surface area contributed by atoms with Crippen LogP contribution in [-0.4, -0.2) is 29.8 Å². The fraction of sp³-hybridized carbons (Fsp3) is 0.222. The summed E-state index contributed by atoms with van der Waals surface area (Å²) in [6.07, 6.45) is 1.04. The van der Waals surface area contributed by atoms with Crippen molar-refractivity contribution in [2.75, 3.05) is 0 Å². The molecule has 2 N–H and O–H groups in total. The average molecular weight is 595 g/mol. The summed E-state index contributed by atoms with van der Waals surface area (Å²) >= 11 is 0. The van der Waals surface area contributed by atoms with Crippen LogP contribution in [0.2, 0.25) is 0 Å². The highest BCUT2D eigenvalue weighted by atomic mass is 32.2. The lowest BCUT2D eigenvalue weighted by Crippen LogP contribution is -2.19. The first-order valence-electron chi connectivity index (χ1n) is 13.9. The standard InChI is InChI=1S/C36H34O6S/c1-5-35(3,37)25-23-27-11-15-29(16-12-27)41-30-19-21-32(22-20-30)43(39,40)34-10-8-7-9-33(34)42-31-17-13-28(14-18-31)24-26-36(4,38)6-2/h7-22,37-38H,5-6H2,1-4H3. The number of hydrogen-bond donors (Lipinski definition) is 2. The Morgan fingerprint density at radius 1 is 0.628 bits per heavy atom. The van der Waals surface area contributed by atoms with Gasteiger partial charge >= 0.3 is 0 Å². The van der Waals surface area contributed by atoms with Gasteiger partial charge in [0.25, 0.3) is 0 Å². The van der Waals surface area contributed by atoms with E-state index in [2.05, 4.69) is 23.7 Å². The third kappa shape index (κ3) is 8.50. The molecule has 0 saturated carbocycles. The summed E-state index contributed by atoms with van der Waals surface area (Å²) in [6.45, 7) is 7.06. The predicted molar refractivity (Wildman–Crippen MR) is 167 cm³/mol. The Morgan fingerprint density at radius 3 is 1.51 bits per heavy atom. The largest absolute Gasteiger partial charge is 0.457 e. The average Bonchev–Trinajstić information content (AvgIpc) is 3.01. The van der Waals surface area contributed by atoms with Gasteiger partial charge in [0.2, 0.25) is 9.84 Å². The molecule has 4 rings (SSSR count). The van der Waals surface area contributed by atoms with Crippen LogP contribution in [0.5, 0.6) is 23.0 Å². The van der Waals surface area contributed by atoms with E-state index < -0.39 is 21.0 Å². The van der Waals surface area contributed by atoms with Crippen LogP contribution < -0.4 is 9.47 Å². The van der Waals surface area contributed by atoms with Crippen molar-refractivity contribution >= 4 is 9.84 Å². The summed E-state index contributed by atoms with van der Waals surface area (Å²) in [4.78, 5) is 0.128. The lowest BCUT2D eigenvalue weighted by molar-refractivity contribution is 0.117. The molecule has 0 saturated heterocycles. The van der Waals surface area contributed by atoms with Gasteiger partial charge in [-0.3, -0.25) is 0 Å². The molecule has 0 fully saturated rings. The van der Waals surface area contributed by atoms with E-state index in [0.717, 1.165) is 5.56 Å². The zero-order valence-electron chi connectivity index (χ0n) is 24.6. The van der Waals surface area contributed by atoms with E-state index >= 15 is 0 Å². The maximum atomic E-state index is 13.6. The van der Waals surface area contributed by atoms with Crippen molar-refractivity contribution in [3.63, 3.8) is 0 Å². The van der Waals surface area contributed by atoms with Crippen molar-refractivity contribution < 1.29 is 28.1 Å². The molecule has 0 spiro atoms. The molecule has 220 valence electrons. The van der Waals surface area contributed by atoms with Crippen molar-refractivity contribution in [3.05, 3.63) is 108 Å². The SMILES string of the molecule is CCC(C)(O)C#Cc1ccc(Oc2ccc(S(=O)(=O)c3ccccc3Oc3ccc(C#CC(C)(O)CC)cc3)cc2)cc1. The van der Waals surface area contributed by atoms with Gasteiger partial charge in [-0.2, -0.15) is 0 Å². The Bertz CT molecular complexity index is 1780. The van der Waals surface area contributed by atoms with E-state index in [9.17, 15) is 18.6 Å². The van der Waals surface area contributed by atoms with Crippen molar-refractivity contribution in [1.82, 2.24) is 0 Å². The highest BCUT2D eigenvalue weighted by Gasteiger charge is 2.23. The number of hydrogen-bond acceptors (Lipinski definition) is 6. The van der Waals surface area contributed by atoms with Crippen molar-refractivity contribution in [2.45, 2.75) is 61.5 Å². The van der Waals surface area contributed by atoms with Crippen LogP contribution in [0, 0.1) is 23.7 Å². The number of sulfone groups is 1. The quantitative estimate of drug-likeness (QED) is 0.211. The molecule has 0 bridgehead atoms. The minimum Gasteiger partial charge on any atom is -0.457 e. The van der Waals surface area contributed by atoms with Crippen molar-refractivity contribution in [2.24, 2.45) is 0 Å². The highest BCUT2D eigenvalue weighted by Crippen LogP contribution is 2.33. The predicted octanol–water partition coefficient (Wildman–Crippen LogP) is 7.13. The second-order valence-electron chi connectivity index (χ2n) is 10.4. The van der Waals surface area contributed by atoms with Gasteiger partial charge in [-0.15, -0.1) is 0 Å². The second kappa shape index (κ2) is 13.2. The lowest BCUT2D eigenvalue weighted by Gasteiger charge is -2.13. The summed E-state index contributed by atoms with van der Waals surface area (Å²) in [5.41, 5.74) is -0.653. The van der Waals surface area contributed by atoms with Gasteiger partial charge in [-0.05, 0) is 112 Å². The molecule has 6 nitrogen and oxygen atoms in total. The van der Waals surface area contributed by atoms with E-state index in [1.807, 2.05) is 13.8 Å². The lowest BCUT2D eigenvalue weighted by atomic mass is 10.0. The molecular weight excluding hydrogens is 560 g/mol. The third-order valence-electron chi connectivity index (χ3n) is 6.77. The molecule has 7 heteroatoms. The van der Waals surface area contributed by atoms with Gasteiger partial charge in [-0.1, -0.05) is 49.7 Å². The molecular formula is C36H34O6S. The van der Waals surface area contributed by atoms with Crippen molar-refractivity contribution in [3.8, 4) is 46.7 Å². The van der Waals surface area contributed by atoms with E-state index in [1.165, 1.54) is 18.2 Å². The molecule has 0 aliphatic carbocycles. The first-order valence-corrected chi connectivity index (χ1v) is 15.4. The first-order chi connectivity index (χ1) is 20.4. The van der Waals surface area contributed by atoms with Crippen LogP contribution in [0.4, 0.5) is 0 Å². The Hall–Kier alpha value is -4.53. The molecule has 0 aliphatic heterocycles. The van der Waals surface area contributed by atoms with Crippen LogP contribution in [0.1, 0.15) is 51.7 Å². The zero-order valence-corrected chi connectivity index (χ0v) is 25.4. The van der Waals surface area contributed by atoms with Gasteiger partial charge in [0.1, 0.15) is 39.1 Å². The van der Waals surface area contributed by atoms with Crippen molar-refractivity contribution in [1.29, 1.82) is 0 Å². The maximum Gasteiger partial charge on any atom is 0.210 e. The summed E-state index contributed by atoms with van der Waals surface area (Å²) in [5, 5.41) is 20.2. The maximum absolute atomic E-state index is 13.6. The number of rotatable bonds is 8. The molecule has 0 amide bonds. The van der Waals surface area contributed by atoms with Crippen LogP contribution >= 0.6 is 0 Å². The van der Waals surface area contributed by atoms with Crippen LogP contribution in [0.25, 0.3) is 0 Å². The zero-order chi connectivity index (χ0) is 31.1. The van der Waals surface area contributed by atoms with Gasteiger partial charge in [-0.25, -0.2) is 8.42 Å². The van der Waals surface area contributed by atoms with E-state index in [1.54, 1.807) is 92.7 Å². The minimum atomic E-state index is -3.91. The van der Waals surface area contributed by atoms with Gasteiger partial charge < -0.3 is 19.7 Å². The second-order valence-corrected chi connectivity index (χ2v) is 12.3. The van der Waals surface area contributed by atoms with Crippen LogP contribution in [-0.2, 0) is 9.84 Å². The highest BCUT2D eigenvalue weighted by molar-refractivity contribution is 7.91. The summed E-state index contributed by atoms with van der Waals surface area (Å²) in [5.74, 6) is 13.3. The molecule has 2 atom stereocenters. The van der Waals surface area contributed by atoms with E-state index in [0.29, 0.717) is 35.7 Å². The molecule has 43 heavy (non-hydrogen) atoms. The number of benzene rings is 4. The van der Waals surface area contributed by atoms with E-state index in [4.69, 9.17) is 9.47 Å². The van der Waals surface area contributed by atoms with Gasteiger partial charge in [0, 0.05) is 11.1 Å². The smallest absolute Gasteiger partial charge is 0.210 e. The Morgan fingerprint density at radius 2 is 1.05 bits per heavy atom. The fourth-order valence-corrected chi connectivity index (χ4v) is 5.02. The molecule has 0 radical (unpaired) electrons. The number of aliphatic hydroxyl groups is 2. The van der Waals surface area contributed by atoms with Gasteiger partial charge in [0.05, 0.1) is 4.90 Å². The summed E-state index contributed by atoms with van der Waals surface area (Å²) in [7, 11) is -3.91. The van der Waals surface area contributed by atoms with Crippen LogP contribution in [0.3, 0.4) is 0 Å². The Labute approximate surface area is 253 Å². The molecule has 2 unspecified atom stereocenters. The first kappa shape index (κ1) is 31.4. The van der Waals surface area contributed by atoms with Crippen LogP contribution in [0.15, 0.2) is 107 Å². The third-order valence-corrected chi connectivity index (χ3v) is 8.58. The Balaban J connectivity index is 1.48. The number of ether oxygens (including phenoxy) is 2. The fourth-order valence-electron chi connectivity index (χ4n) is 3.64. The number of para-hydroxylation sites is 1. The normalized spacial score (nSPS) is 13.7. The van der Waals surface area contributed by atoms with Gasteiger partial charge in [0.15, 0.2) is 0 Å². The van der Waals surface area contributed by atoms with E-state index in [-0.39, 0.29) is 15.5 Å². The topological polar surface area (TPSA) is 93.1 Å². The molecule has 4 aromatic carbocycles. The molecule has 4 aromatic rings.